The number of hydrogen-bond donors (Lipinski definition) is 1. The maximum atomic E-state index is 12.3. The average molecular weight is 290 g/mol. The minimum absolute atomic E-state index is 0.0325. The van der Waals surface area contributed by atoms with E-state index < -0.39 is 0 Å². The van der Waals surface area contributed by atoms with Crippen molar-refractivity contribution in [1.82, 2.24) is 4.90 Å². The molecule has 2 N–H and O–H groups in total. The molecule has 0 radical (unpaired) electrons. The zero-order chi connectivity index (χ0) is 15.5. The third-order valence-corrected chi connectivity index (χ3v) is 4.37. The summed E-state index contributed by atoms with van der Waals surface area (Å²) in [6, 6.07) is 8.03. The van der Waals surface area contributed by atoms with Crippen molar-refractivity contribution in [3.8, 4) is 5.75 Å². The lowest BCUT2D eigenvalue weighted by molar-refractivity contribution is -0.136. The first-order valence-electron chi connectivity index (χ1n) is 7.68. The number of hydrogen-bond acceptors (Lipinski definition) is 3. The van der Waals surface area contributed by atoms with Crippen LogP contribution >= 0.6 is 0 Å². The summed E-state index contributed by atoms with van der Waals surface area (Å²) in [5.41, 5.74) is 7.21. The molecule has 0 spiro atoms. The van der Waals surface area contributed by atoms with Crippen LogP contribution in [0.15, 0.2) is 24.3 Å². The van der Waals surface area contributed by atoms with Gasteiger partial charge in [-0.15, -0.1) is 0 Å². The minimum Gasteiger partial charge on any atom is -0.483 e. The molecule has 1 amide bonds. The highest BCUT2D eigenvalue weighted by Crippen LogP contribution is 2.27. The number of benzene rings is 1. The zero-order valence-corrected chi connectivity index (χ0v) is 13.3. The fraction of sp³-hybridized carbons (Fsp3) is 0.588. The Morgan fingerprint density at radius 1 is 1.43 bits per heavy atom. The molecule has 1 fully saturated rings. The molecule has 21 heavy (non-hydrogen) atoms. The summed E-state index contributed by atoms with van der Waals surface area (Å²) in [5.74, 6) is 0.849. The van der Waals surface area contributed by atoms with Gasteiger partial charge in [-0.25, -0.2) is 0 Å². The number of likely N-dealkylation sites (tertiary alicyclic amines) is 1. The van der Waals surface area contributed by atoms with E-state index in [1.54, 1.807) is 0 Å². The van der Waals surface area contributed by atoms with Crippen LogP contribution in [0.4, 0.5) is 0 Å². The van der Waals surface area contributed by atoms with Crippen molar-refractivity contribution >= 4 is 5.91 Å². The summed E-state index contributed by atoms with van der Waals surface area (Å²) in [7, 11) is 0. The van der Waals surface area contributed by atoms with Crippen LogP contribution in [0.3, 0.4) is 0 Å². The molecule has 4 heteroatoms. The van der Waals surface area contributed by atoms with Crippen LogP contribution in [0.25, 0.3) is 0 Å². The van der Waals surface area contributed by atoms with E-state index in [0.29, 0.717) is 6.54 Å². The van der Waals surface area contributed by atoms with Gasteiger partial charge in [-0.3, -0.25) is 4.79 Å². The maximum absolute atomic E-state index is 12.3. The van der Waals surface area contributed by atoms with Crippen LogP contribution in [0, 0.1) is 5.41 Å². The van der Waals surface area contributed by atoms with Gasteiger partial charge >= 0.3 is 0 Å². The van der Waals surface area contributed by atoms with Crippen LogP contribution in [-0.4, -0.2) is 36.5 Å². The minimum atomic E-state index is -0.0325. The number of ether oxygens (including phenoxy) is 1. The highest BCUT2D eigenvalue weighted by atomic mass is 16.5. The first-order chi connectivity index (χ1) is 9.94. The van der Waals surface area contributed by atoms with E-state index in [4.69, 9.17) is 10.5 Å². The van der Waals surface area contributed by atoms with Crippen molar-refractivity contribution in [3.63, 3.8) is 0 Å². The Bertz CT molecular complexity index is 499. The topological polar surface area (TPSA) is 55.6 Å². The highest BCUT2D eigenvalue weighted by Gasteiger charge is 2.35. The number of aryl methyl sites for hydroxylation is 1. The Morgan fingerprint density at radius 2 is 2.14 bits per heavy atom. The smallest absolute Gasteiger partial charge is 0.260 e. The van der Waals surface area contributed by atoms with Gasteiger partial charge in [0, 0.05) is 19.1 Å². The standard InChI is InChI=1S/C17H26N2O2/c1-4-13-7-5-6-8-14(13)21-11-16(20)19-10-9-15(18)17(2,3)12-19/h5-8,15H,4,9-12,18H2,1-3H3. The van der Waals surface area contributed by atoms with Gasteiger partial charge in [0.25, 0.3) is 5.91 Å². The number of rotatable bonds is 4. The van der Waals surface area contributed by atoms with E-state index in [9.17, 15) is 4.79 Å². The fourth-order valence-corrected chi connectivity index (χ4v) is 2.75. The molecule has 4 nitrogen and oxygen atoms in total. The molecule has 1 aliphatic heterocycles. The van der Waals surface area contributed by atoms with Crippen molar-refractivity contribution in [3.05, 3.63) is 29.8 Å². The summed E-state index contributed by atoms with van der Waals surface area (Å²) >= 11 is 0. The Morgan fingerprint density at radius 3 is 2.81 bits per heavy atom. The highest BCUT2D eigenvalue weighted by molar-refractivity contribution is 5.78. The van der Waals surface area contributed by atoms with Crippen LogP contribution in [-0.2, 0) is 11.2 Å². The molecule has 1 atom stereocenters. The monoisotopic (exact) mass is 290 g/mol. The summed E-state index contributed by atoms with van der Waals surface area (Å²) < 4.78 is 5.72. The van der Waals surface area contributed by atoms with Gasteiger partial charge in [0.05, 0.1) is 0 Å². The largest absolute Gasteiger partial charge is 0.483 e. The van der Waals surface area contributed by atoms with E-state index in [1.807, 2.05) is 29.2 Å². The molecule has 0 aromatic heterocycles. The lowest BCUT2D eigenvalue weighted by Crippen LogP contribution is -2.54. The molecule has 1 saturated heterocycles. The fourth-order valence-electron chi connectivity index (χ4n) is 2.75. The number of piperidine rings is 1. The molecule has 1 heterocycles. The Kier molecular flexibility index (Phi) is 4.88. The van der Waals surface area contributed by atoms with Crippen LogP contribution in [0.2, 0.25) is 0 Å². The molecular weight excluding hydrogens is 264 g/mol. The van der Waals surface area contributed by atoms with Crippen LogP contribution in [0.5, 0.6) is 5.75 Å². The maximum Gasteiger partial charge on any atom is 0.260 e. The molecule has 1 aromatic carbocycles. The zero-order valence-electron chi connectivity index (χ0n) is 13.3. The van der Waals surface area contributed by atoms with Crippen molar-refractivity contribution in [2.75, 3.05) is 19.7 Å². The first kappa shape index (κ1) is 15.8. The summed E-state index contributed by atoms with van der Waals surface area (Å²) in [5, 5.41) is 0. The van der Waals surface area contributed by atoms with Crippen molar-refractivity contribution < 1.29 is 9.53 Å². The van der Waals surface area contributed by atoms with Gasteiger partial charge in [0.2, 0.25) is 0 Å². The molecule has 116 valence electrons. The molecule has 1 aromatic rings. The molecular formula is C17H26N2O2. The number of nitrogens with zero attached hydrogens (tertiary/aromatic N) is 1. The van der Waals surface area contributed by atoms with Crippen molar-refractivity contribution in [2.24, 2.45) is 11.1 Å². The predicted octanol–water partition coefficient (Wildman–Crippen LogP) is 2.21. The third-order valence-electron chi connectivity index (χ3n) is 4.37. The quantitative estimate of drug-likeness (QED) is 0.925. The first-order valence-corrected chi connectivity index (χ1v) is 7.68. The average Bonchev–Trinajstić information content (AvgIpc) is 2.47. The molecule has 0 aliphatic carbocycles. The Balaban J connectivity index is 1.93. The molecule has 1 unspecified atom stereocenters. The SMILES string of the molecule is CCc1ccccc1OCC(=O)N1CCC(N)C(C)(C)C1. The number of amides is 1. The Hall–Kier alpha value is -1.55. The normalized spacial score (nSPS) is 21.1. The predicted molar refractivity (Wildman–Crippen MR) is 84.3 cm³/mol. The lowest BCUT2D eigenvalue weighted by atomic mass is 9.80. The second-order valence-electron chi connectivity index (χ2n) is 6.45. The number of carbonyl (C=O) groups excluding carboxylic acids is 1. The van der Waals surface area contributed by atoms with E-state index in [0.717, 1.165) is 30.7 Å². The van der Waals surface area contributed by atoms with E-state index >= 15 is 0 Å². The molecule has 2 rings (SSSR count). The second kappa shape index (κ2) is 6.48. The Labute approximate surface area is 127 Å². The lowest BCUT2D eigenvalue weighted by Gasteiger charge is -2.42. The van der Waals surface area contributed by atoms with Gasteiger partial charge in [-0.1, -0.05) is 39.0 Å². The van der Waals surface area contributed by atoms with E-state index in [1.165, 1.54) is 0 Å². The molecule has 0 bridgehead atoms. The van der Waals surface area contributed by atoms with Gasteiger partial charge < -0.3 is 15.4 Å². The molecule has 1 aliphatic rings. The summed E-state index contributed by atoms with van der Waals surface area (Å²) in [6.07, 6.45) is 1.75. The summed E-state index contributed by atoms with van der Waals surface area (Å²) in [6.45, 7) is 7.84. The van der Waals surface area contributed by atoms with Gasteiger partial charge in [-0.05, 0) is 29.9 Å². The third kappa shape index (κ3) is 3.76. The number of para-hydroxylation sites is 1. The number of carbonyl (C=O) groups is 1. The van der Waals surface area contributed by atoms with E-state index in [2.05, 4.69) is 20.8 Å². The van der Waals surface area contributed by atoms with Crippen LogP contribution in [0.1, 0.15) is 32.8 Å². The molecule has 0 saturated carbocycles. The second-order valence-corrected chi connectivity index (χ2v) is 6.45. The van der Waals surface area contributed by atoms with E-state index in [-0.39, 0.29) is 24.0 Å². The van der Waals surface area contributed by atoms with Gasteiger partial charge in [-0.2, -0.15) is 0 Å². The summed E-state index contributed by atoms with van der Waals surface area (Å²) in [4.78, 5) is 14.2. The van der Waals surface area contributed by atoms with Crippen LogP contribution < -0.4 is 10.5 Å². The van der Waals surface area contributed by atoms with Crippen molar-refractivity contribution in [1.29, 1.82) is 0 Å². The van der Waals surface area contributed by atoms with Gasteiger partial charge in [0.1, 0.15) is 5.75 Å². The van der Waals surface area contributed by atoms with Gasteiger partial charge in [0.15, 0.2) is 6.61 Å². The van der Waals surface area contributed by atoms with Crippen molar-refractivity contribution in [2.45, 2.75) is 39.7 Å². The number of nitrogens with two attached hydrogens (primary N) is 1.